The summed E-state index contributed by atoms with van der Waals surface area (Å²) >= 11 is 0. The van der Waals surface area contributed by atoms with E-state index in [2.05, 4.69) is 9.62 Å². The first-order valence-corrected chi connectivity index (χ1v) is 9.69. The van der Waals surface area contributed by atoms with E-state index in [4.69, 9.17) is 0 Å². The maximum absolute atomic E-state index is 13.8. The van der Waals surface area contributed by atoms with Gasteiger partial charge in [0.25, 0.3) is 0 Å². The van der Waals surface area contributed by atoms with Gasteiger partial charge in [-0.3, -0.25) is 4.90 Å². The first kappa shape index (κ1) is 18.0. The standard InChI is InChI=1S/C18H20F2N2O2S/c19-15-8-9-18(16(20)12-15)25(23,24)21-13-17(22-10-4-5-11-22)14-6-2-1-3-7-14/h1-3,6-9,12,17,21H,4-5,10-11,13H2/t17-/m1/s1. The Labute approximate surface area is 146 Å². The first-order chi connectivity index (χ1) is 12.0. The van der Waals surface area contributed by atoms with E-state index in [1.807, 2.05) is 30.3 Å². The number of nitrogens with one attached hydrogen (secondary N) is 1. The molecule has 1 atom stereocenters. The van der Waals surface area contributed by atoms with E-state index < -0.39 is 26.6 Å². The molecule has 7 heteroatoms. The fraction of sp³-hybridized carbons (Fsp3) is 0.333. The quantitative estimate of drug-likeness (QED) is 0.855. The summed E-state index contributed by atoms with van der Waals surface area (Å²) in [5, 5.41) is 0. The van der Waals surface area contributed by atoms with Crippen LogP contribution in [0.5, 0.6) is 0 Å². The molecule has 3 rings (SSSR count). The van der Waals surface area contributed by atoms with Crippen molar-refractivity contribution in [3.8, 4) is 0 Å². The van der Waals surface area contributed by atoms with Gasteiger partial charge < -0.3 is 0 Å². The van der Waals surface area contributed by atoms with Gasteiger partial charge in [-0.1, -0.05) is 30.3 Å². The Hall–Kier alpha value is -1.83. The zero-order valence-electron chi connectivity index (χ0n) is 13.7. The zero-order valence-corrected chi connectivity index (χ0v) is 14.5. The van der Waals surface area contributed by atoms with Crippen molar-refractivity contribution in [2.45, 2.75) is 23.8 Å². The minimum Gasteiger partial charge on any atom is -0.295 e. The van der Waals surface area contributed by atoms with Crippen molar-refractivity contribution in [3.63, 3.8) is 0 Å². The van der Waals surface area contributed by atoms with Gasteiger partial charge in [-0.15, -0.1) is 0 Å². The Kier molecular flexibility index (Phi) is 5.46. The van der Waals surface area contributed by atoms with Crippen molar-refractivity contribution in [2.24, 2.45) is 0 Å². The maximum atomic E-state index is 13.8. The molecule has 2 aromatic carbocycles. The van der Waals surface area contributed by atoms with E-state index in [0.717, 1.165) is 43.6 Å². The predicted molar refractivity (Wildman–Crippen MR) is 91.5 cm³/mol. The third kappa shape index (κ3) is 4.23. The van der Waals surface area contributed by atoms with Gasteiger partial charge in [-0.05, 0) is 43.6 Å². The molecule has 1 aliphatic rings. The number of hydrogen-bond acceptors (Lipinski definition) is 3. The second kappa shape index (κ2) is 7.59. The van der Waals surface area contributed by atoms with E-state index >= 15 is 0 Å². The highest BCUT2D eigenvalue weighted by Crippen LogP contribution is 2.25. The van der Waals surface area contributed by atoms with Gasteiger partial charge in [-0.25, -0.2) is 21.9 Å². The highest BCUT2D eigenvalue weighted by atomic mass is 32.2. The average Bonchev–Trinajstić information content (AvgIpc) is 3.10. The molecule has 0 amide bonds. The predicted octanol–water partition coefficient (Wildman–Crippen LogP) is 3.08. The van der Waals surface area contributed by atoms with Crippen molar-refractivity contribution in [2.75, 3.05) is 19.6 Å². The Morgan fingerprint density at radius 1 is 1.04 bits per heavy atom. The van der Waals surface area contributed by atoms with Crippen LogP contribution in [0.25, 0.3) is 0 Å². The molecule has 0 saturated carbocycles. The molecule has 1 heterocycles. The number of hydrogen-bond donors (Lipinski definition) is 1. The van der Waals surface area contributed by atoms with Gasteiger partial charge in [0.1, 0.15) is 16.5 Å². The lowest BCUT2D eigenvalue weighted by Gasteiger charge is -2.28. The molecule has 1 aliphatic heterocycles. The summed E-state index contributed by atoms with van der Waals surface area (Å²) in [5.41, 5.74) is 1.01. The van der Waals surface area contributed by atoms with Crippen molar-refractivity contribution in [1.82, 2.24) is 9.62 Å². The molecule has 0 aromatic heterocycles. The van der Waals surface area contributed by atoms with Crippen LogP contribution in [0.1, 0.15) is 24.4 Å². The van der Waals surface area contributed by atoms with Crippen molar-refractivity contribution >= 4 is 10.0 Å². The molecule has 1 N–H and O–H groups in total. The third-order valence-electron chi connectivity index (χ3n) is 4.42. The Bertz CT molecular complexity index is 822. The molecule has 0 bridgehead atoms. The lowest BCUT2D eigenvalue weighted by molar-refractivity contribution is 0.246. The molecule has 0 spiro atoms. The maximum Gasteiger partial charge on any atom is 0.243 e. The first-order valence-electron chi connectivity index (χ1n) is 8.21. The van der Waals surface area contributed by atoms with Crippen LogP contribution in [-0.4, -0.2) is 33.0 Å². The van der Waals surface area contributed by atoms with Crippen LogP contribution >= 0.6 is 0 Å². The number of benzene rings is 2. The molecule has 0 unspecified atom stereocenters. The lowest BCUT2D eigenvalue weighted by atomic mass is 10.1. The van der Waals surface area contributed by atoms with Crippen molar-refractivity contribution < 1.29 is 17.2 Å². The summed E-state index contributed by atoms with van der Waals surface area (Å²) in [6, 6.07) is 12.0. The highest BCUT2D eigenvalue weighted by molar-refractivity contribution is 7.89. The highest BCUT2D eigenvalue weighted by Gasteiger charge is 2.26. The van der Waals surface area contributed by atoms with Crippen LogP contribution in [0.4, 0.5) is 8.78 Å². The van der Waals surface area contributed by atoms with Crippen LogP contribution in [-0.2, 0) is 10.0 Å². The molecule has 1 saturated heterocycles. The molecule has 1 fully saturated rings. The average molecular weight is 366 g/mol. The Morgan fingerprint density at radius 3 is 2.36 bits per heavy atom. The van der Waals surface area contributed by atoms with Gasteiger partial charge in [0.2, 0.25) is 10.0 Å². The summed E-state index contributed by atoms with van der Waals surface area (Å²) in [6.07, 6.45) is 2.14. The summed E-state index contributed by atoms with van der Waals surface area (Å²) in [4.78, 5) is 1.68. The third-order valence-corrected chi connectivity index (χ3v) is 5.87. The van der Waals surface area contributed by atoms with Gasteiger partial charge in [-0.2, -0.15) is 0 Å². The van der Waals surface area contributed by atoms with Crippen LogP contribution in [0.2, 0.25) is 0 Å². The second-order valence-corrected chi connectivity index (χ2v) is 7.83. The lowest BCUT2D eigenvalue weighted by Crippen LogP contribution is -2.37. The normalized spacial score (nSPS) is 16.9. The minimum absolute atomic E-state index is 0.123. The van der Waals surface area contributed by atoms with Gasteiger partial charge in [0.15, 0.2) is 0 Å². The summed E-state index contributed by atoms with van der Waals surface area (Å²) in [6.45, 7) is 1.92. The number of rotatable bonds is 6. The molecular weight excluding hydrogens is 346 g/mol. The molecule has 134 valence electrons. The van der Waals surface area contributed by atoms with Crippen LogP contribution in [0.15, 0.2) is 53.4 Å². The summed E-state index contributed by atoms with van der Waals surface area (Å²) in [5.74, 6) is -1.90. The number of sulfonamides is 1. The van der Waals surface area contributed by atoms with Crippen molar-refractivity contribution in [3.05, 3.63) is 65.7 Å². The number of nitrogens with zero attached hydrogens (tertiary/aromatic N) is 1. The molecule has 4 nitrogen and oxygen atoms in total. The van der Waals surface area contributed by atoms with E-state index in [9.17, 15) is 17.2 Å². The van der Waals surface area contributed by atoms with Gasteiger partial charge in [0, 0.05) is 18.7 Å². The summed E-state index contributed by atoms with van der Waals surface area (Å²) in [7, 11) is -4.06. The largest absolute Gasteiger partial charge is 0.295 e. The van der Waals surface area contributed by atoms with Crippen molar-refractivity contribution in [1.29, 1.82) is 0 Å². The topological polar surface area (TPSA) is 49.4 Å². The van der Waals surface area contributed by atoms with E-state index in [1.54, 1.807) is 0 Å². The Balaban J connectivity index is 1.80. The van der Waals surface area contributed by atoms with E-state index in [0.29, 0.717) is 6.07 Å². The fourth-order valence-electron chi connectivity index (χ4n) is 3.15. The van der Waals surface area contributed by atoms with Gasteiger partial charge in [0.05, 0.1) is 0 Å². The van der Waals surface area contributed by atoms with Crippen LogP contribution < -0.4 is 4.72 Å². The monoisotopic (exact) mass is 366 g/mol. The summed E-state index contributed by atoms with van der Waals surface area (Å²) < 4.78 is 54.2. The van der Waals surface area contributed by atoms with Crippen LogP contribution in [0, 0.1) is 11.6 Å². The second-order valence-electron chi connectivity index (χ2n) is 6.10. The van der Waals surface area contributed by atoms with Crippen LogP contribution in [0.3, 0.4) is 0 Å². The SMILES string of the molecule is O=S(=O)(NC[C@H](c1ccccc1)N1CCCC1)c1ccc(F)cc1F. The Morgan fingerprint density at radius 2 is 1.72 bits per heavy atom. The number of halogens is 2. The van der Waals surface area contributed by atoms with E-state index in [1.165, 1.54) is 0 Å². The molecule has 0 aliphatic carbocycles. The van der Waals surface area contributed by atoms with E-state index in [-0.39, 0.29) is 12.6 Å². The molecule has 0 radical (unpaired) electrons. The number of likely N-dealkylation sites (tertiary alicyclic amines) is 1. The molecule has 2 aromatic rings. The molecule has 25 heavy (non-hydrogen) atoms. The molecular formula is C18H20F2N2O2S. The minimum atomic E-state index is -4.06. The zero-order chi connectivity index (χ0) is 17.9. The fourth-order valence-corrected chi connectivity index (χ4v) is 4.24. The van der Waals surface area contributed by atoms with Gasteiger partial charge >= 0.3 is 0 Å². The smallest absolute Gasteiger partial charge is 0.243 e.